The zero-order chi connectivity index (χ0) is 21.8. The largest absolute Gasteiger partial charge is 0.458 e. The summed E-state index contributed by atoms with van der Waals surface area (Å²) in [5.41, 5.74) is 3.12. The highest BCUT2D eigenvalue weighted by Crippen LogP contribution is 2.33. The highest BCUT2D eigenvalue weighted by atomic mass is 19.1. The highest BCUT2D eigenvalue weighted by Gasteiger charge is 2.26. The third kappa shape index (κ3) is 4.75. The summed E-state index contributed by atoms with van der Waals surface area (Å²) in [5.74, 6) is -0.292. The van der Waals surface area contributed by atoms with Gasteiger partial charge < -0.3 is 9.84 Å². The van der Waals surface area contributed by atoms with Gasteiger partial charge in [0.1, 0.15) is 11.9 Å². The molecule has 1 aromatic heterocycles. The van der Waals surface area contributed by atoms with Gasteiger partial charge in [-0.2, -0.15) is 0 Å². The predicted molar refractivity (Wildman–Crippen MR) is 112 cm³/mol. The van der Waals surface area contributed by atoms with Crippen LogP contribution in [0, 0.1) is 5.82 Å². The van der Waals surface area contributed by atoms with Crippen molar-refractivity contribution in [1.82, 2.24) is 20.2 Å². The van der Waals surface area contributed by atoms with E-state index in [1.165, 1.54) is 16.8 Å². The van der Waals surface area contributed by atoms with Crippen molar-refractivity contribution in [3.8, 4) is 0 Å². The number of aromatic nitrogens is 4. The van der Waals surface area contributed by atoms with Crippen LogP contribution in [0.2, 0.25) is 0 Å². The van der Waals surface area contributed by atoms with E-state index in [-0.39, 0.29) is 12.2 Å². The van der Waals surface area contributed by atoms with Gasteiger partial charge in [-0.15, -0.1) is 5.10 Å². The number of hydrogen-bond acceptors (Lipinski definition) is 6. The first kappa shape index (κ1) is 20.6. The molecule has 158 valence electrons. The minimum atomic E-state index is -0.745. The Labute approximate surface area is 178 Å². The number of esters is 1. The maximum absolute atomic E-state index is 13.6. The summed E-state index contributed by atoms with van der Waals surface area (Å²) in [4.78, 5) is 11.7. The lowest BCUT2D eigenvalue weighted by Gasteiger charge is -2.23. The number of carbonyl (C=O) groups excluding carboxylic acids is 1. The second kappa shape index (κ2) is 9.01. The normalized spacial score (nSPS) is 19.9. The lowest BCUT2D eigenvalue weighted by atomic mass is 9.91. The van der Waals surface area contributed by atoms with Crippen LogP contribution in [0.25, 0.3) is 11.1 Å². The van der Waals surface area contributed by atoms with Crippen LogP contribution in [0.1, 0.15) is 29.8 Å². The molecular formula is C23H21FN4O3. The molecule has 0 bridgehead atoms. The van der Waals surface area contributed by atoms with Crippen LogP contribution in [0.3, 0.4) is 0 Å². The molecule has 8 heteroatoms. The number of allylic oxidation sites excluding steroid dienone is 2. The van der Waals surface area contributed by atoms with Crippen LogP contribution in [0.5, 0.6) is 0 Å². The number of rotatable bonds is 5. The molecule has 1 N–H and O–H groups in total. The zero-order valence-corrected chi connectivity index (χ0v) is 16.9. The summed E-state index contributed by atoms with van der Waals surface area (Å²) in [5, 5.41) is 21.8. The molecule has 2 unspecified atom stereocenters. The Bertz CT molecular complexity index is 1120. The molecule has 0 saturated carbocycles. The molecule has 31 heavy (non-hydrogen) atoms. The summed E-state index contributed by atoms with van der Waals surface area (Å²) in [7, 11) is 1.72. The van der Waals surface area contributed by atoms with Crippen molar-refractivity contribution in [1.29, 1.82) is 0 Å². The highest BCUT2D eigenvalue weighted by molar-refractivity contribution is 6.00. The van der Waals surface area contributed by atoms with E-state index in [4.69, 9.17) is 4.74 Å². The molecule has 7 nitrogen and oxygen atoms in total. The van der Waals surface area contributed by atoms with Gasteiger partial charge in [0.05, 0.1) is 12.5 Å². The molecular weight excluding hydrogens is 399 g/mol. The number of nitrogens with zero attached hydrogens (tertiary/aromatic N) is 4. The maximum Gasteiger partial charge on any atom is 0.309 e. The van der Waals surface area contributed by atoms with Crippen LogP contribution < -0.4 is 0 Å². The molecule has 0 amide bonds. The Balaban J connectivity index is 1.89. The molecule has 1 aliphatic heterocycles. The van der Waals surface area contributed by atoms with Gasteiger partial charge in [-0.1, -0.05) is 48.5 Å². The molecule has 0 spiro atoms. The summed E-state index contributed by atoms with van der Waals surface area (Å²) in [6.45, 7) is 0. The number of hydrogen-bond donors (Lipinski definition) is 1. The van der Waals surface area contributed by atoms with E-state index in [0.717, 1.165) is 16.7 Å². The molecule has 0 aliphatic carbocycles. The van der Waals surface area contributed by atoms with E-state index in [1.54, 1.807) is 31.3 Å². The maximum atomic E-state index is 13.6. The van der Waals surface area contributed by atoms with Gasteiger partial charge in [0.15, 0.2) is 5.82 Å². The average molecular weight is 420 g/mol. The van der Waals surface area contributed by atoms with Crippen LogP contribution in [0.4, 0.5) is 4.39 Å². The summed E-state index contributed by atoms with van der Waals surface area (Å²) < 4.78 is 20.5. The van der Waals surface area contributed by atoms with Crippen molar-refractivity contribution >= 4 is 17.1 Å². The minimum Gasteiger partial charge on any atom is -0.458 e. The third-order valence-corrected chi connectivity index (χ3v) is 4.99. The minimum absolute atomic E-state index is 0.00884. The fourth-order valence-corrected chi connectivity index (χ4v) is 3.56. The van der Waals surface area contributed by atoms with Gasteiger partial charge in [-0.05, 0) is 45.3 Å². The Morgan fingerprint density at radius 3 is 2.52 bits per heavy atom. The fraction of sp³-hybridized carbons (Fsp3) is 0.217. The molecule has 2 aromatic carbocycles. The average Bonchev–Trinajstić information content (AvgIpc) is 3.17. The monoisotopic (exact) mass is 420 g/mol. The first-order chi connectivity index (χ1) is 15.0. The number of aliphatic hydroxyl groups is 1. The lowest BCUT2D eigenvalue weighted by molar-refractivity contribution is -0.156. The van der Waals surface area contributed by atoms with E-state index in [1.807, 2.05) is 30.3 Å². The quantitative estimate of drug-likeness (QED) is 0.504. The topological polar surface area (TPSA) is 90.1 Å². The summed E-state index contributed by atoms with van der Waals surface area (Å²) >= 11 is 0. The third-order valence-electron chi connectivity index (χ3n) is 4.99. The number of carbonyl (C=O) groups is 1. The number of cyclic esters (lactones) is 1. The van der Waals surface area contributed by atoms with E-state index in [9.17, 15) is 14.3 Å². The van der Waals surface area contributed by atoms with E-state index < -0.39 is 18.2 Å². The number of ether oxygens (including phenoxy) is 1. The molecule has 3 aromatic rings. The molecule has 1 saturated heterocycles. The van der Waals surface area contributed by atoms with Crippen molar-refractivity contribution in [2.75, 3.05) is 0 Å². The Morgan fingerprint density at radius 1 is 1.16 bits per heavy atom. The van der Waals surface area contributed by atoms with Gasteiger partial charge in [0, 0.05) is 19.0 Å². The predicted octanol–water partition coefficient (Wildman–Crippen LogP) is 2.93. The number of aryl methyl sites for hydroxylation is 1. The van der Waals surface area contributed by atoms with Crippen molar-refractivity contribution in [3.63, 3.8) is 0 Å². The SMILES string of the molecule is Cn1nnnc1C(/C=C/C1CC(O)CC(=O)O1)=C(/c1ccccc1)c1ccc(F)cc1. The van der Waals surface area contributed by atoms with Crippen LogP contribution in [-0.2, 0) is 16.6 Å². The lowest BCUT2D eigenvalue weighted by Crippen LogP contribution is -2.31. The van der Waals surface area contributed by atoms with Crippen molar-refractivity contribution < 1.29 is 19.0 Å². The van der Waals surface area contributed by atoms with Crippen LogP contribution >= 0.6 is 0 Å². The standard InChI is InChI=1S/C23H21FN4O3/c1-28-23(25-26-27-28)20(12-11-19-13-18(29)14-21(30)31-19)22(15-5-3-2-4-6-15)16-7-9-17(24)10-8-16/h2-12,18-19,29H,13-14H2,1H3/b12-11+,22-20-. The molecule has 2 atom stereocenters. The molecule has 4 rings (SSSR count). The zero-order valence-electron chi connectivity index (χ0n) is 16.9. The van der Waals surface area contributed by atoms with Gasteiger partial charge in [0.2, 0.25) is 0 Å². The van der Waals surface area contributed by atoms with E-state index in [0.29, 0.717) is 17.8 Å². The van der Waals surface area contributed by atoms with Crippen molar-refractivity contribution in [2.45, 2.75) is 25.0 Å². The number of benzene rings is 2. The molecule has 2 heterocycles. The molecule has 0 radical (unpaired) electrons. The van der Waals surface area contributed by atoms with Gasteiger partial charge >= 0.3 is 5.97 Å². The van der Waals surface area contributed by atoms with E-state index in [2.05, 4.69) is 15.5 Å². The Hall–Kier alpha value is -3.65. The van der Waals surface area contributed by atoms with Gasteiger partial charge in [0.25, 0.3) is 0 Å². The van der Waals surface area contributed by atoms with Crippen LogP contribution in [-0.4, -0.2) is 43.5 Å². The van der Waals surface area contributed by atoms with Gasteiger partial charge in [-0.25, -0.2) is 9.07 Å². The number of tetrazole rings is 1. The first-order valence-corrected chi connectivity index (χ1v) is 9.85. The second-order valence-corrected chi connectivity index (χ2v) is 7.27. The van der Waals surface area contributed by atoms with Gasteiger partial charge in [-0.3, -0.25) is 4.79 Å². The van der Waals surface area contributed by atoms with E-state index >= 15 is 0 Å². The van der Waals surface area contributed by atoms with Crippen LogP contribution in [0.15, 0.2) is 66.7 Å². The smallest absolute Gasteiger partial charge is 0.309 e. The van der Waals surface area contributed by atoms with Crippen molar-refractivity contribution in [3.05, 3.63) is 89.5 Å². The Kier molecular flexibility index (Phi) is 5.99. The van der Waals surface area contributed by atoms with Crippen molar-refractivity contribution in [2.24, 2.45) is 7.05 Å². The molecule has 1 fully saturated rings. The number of halogens is 1. The first-order valence-electron chi connectivity index (χ1n) is 9.85. The molecule has 1 aliphatic rings. The summed E-state index contributed by atoms with van der Waals surface area (Å²) in [6, 6.07) is 15.8. The number of aliphatic hydroxyl groups excluding tert-OH is 1. The fourth-order valence-electron chi connectivity index (χ4n) is 3.56. The second-order valence-electron chi connectivity index (χ2n) is 7.27. The Morgan fingerprint density at radius 2 is 1.87 bits per heavy atom. The summed E-state index contributed by atoms with van der Waals surface area (Å²) in [6.07, 6.45) is 2.49.